The van der Waals surface area contributed by atoms with Gasteiger partial charge in [0.1, 0.15) is 12.4 Å². The monoisotopic (exact) mass is 437 g/mol. The van der Waals surface area contributed by atoms with E-state index in [9.17, 15) is 4.79 Å². The Morgan fingerprint density at radius 1 is 0.968 bits per heavy atom. The Morgan fingerprint density at radius 3 is 2.42 bits per heavy atom. The second-order valence-corrected chi connectivity index (χ2v) is 7.20. The van der Waals surface area contributed by atoms with Gasteiger partial charge in [-0.3, -0.25) is 4.79 Å². The lowest BCUT2D eigenvalue weighted by Gasteiger charge is -2.12. The Balaban J connectivity index is 1.64. The van der Waals surface area contributed by atoms with E-state index in [1.54, 1.807) is 31.4 Å². The molecule has 0 aliphatic heterocycles. The Bertz CT molecular complexity index is 1090. The first kappa shape index (κ1) is 22.2. The smallest absolute Gasteiger partial charge is 0.248 e. The summed E-state index contributed by atoms with van der Waals surface area (Å²) in [5.74, 6) is 1.51. The molecule has 0 aliphatic carbocycles. The van der Waals surface area contributed by atoms with Crippen LogP contribution >= 0.6 is 11.6 Å². The first-order valence-electron chi connectivity index (χ1n) is 9.68. The van der Waals surface area contributed by atoms with Gasteiger partial charge >= 0.3 is 0 Å². The zero-order valence-corrected chi connectivity index (χ0v) is 18.4. The standard InChI is InChI=1S/C25H24ClNO4/c1-17-6-4-5-7-19(17)16-31-23-11-8-18(14-24(23)30-3)9-13-25(28)27-20-10-12-22(29-2)21(26)15-20/h4-15H,16H2,1-3H3,(H,27,28)/b13-9+. The number of hydrogen-bond acceptors (Lipinski definition) is 4. The highest BCUT2D eigenvalue weighted by atomic mass is 35.5. The van der Waals surface area contributed by atoms with Crippen LogP contribution in [0.4, 0.5) is 5.69 Å². The molecule has 0 spiro atoms. The third kappa shape index (κ3) is 6.03. The third-order valence-electron chi connectivity index (χ3n) is 4.68. The van der Waals surface area contributed by atoms with E-state index in [-0.39, 0.29) is 5.91 Å². The molecule has 3 aromatic carbocycles. The summed E-state index contributed by atoms with van der Waals surface area (Å²) in [6.07, 6.45) is 3.15. The van der Waals surface area contributed by atoms with Crippen molar-refractivity contribution in [1.29, 1.82) is 0 Å². The highest BCUT2D eigenvalue weighted by Crippen LogP contribution is 2.30. The molecule has 0 aliphatic rings. The van der Waals surface area contributed by atoms with E-state index in [0.29, 0.717) is 34.6 Å². The van der Waals surface area contributed by atoms with E-state index in [1.165, 1.54) is 18.7 Å². The normalized spacial score (nSPS) is 10.7. The van der Waals surface area contributed by atoms with Gasteiger partial charge in [-0.15, -0.1) is 0 Å². The van der Waals surface area contributed by atoms with Gasteiger partial charge in [-0.1, -0.05) is 41.9 Å². The van der Waals surface area contributed by atoms with Gasteiger partial charge in [0.15, 0.2) is 11.5 Å². The summed E-state index contributed by atoms with van der Waals surface area (Å²) in [4.78, 5) is 12.2. The van der Waals surface area contributed by atoms with Gasteiger partial charge in [0.25, 0.3) is 0 Å². The summed E-state index contributed by atoms with van der Waals surface area (Å²) in [7, 11) is 3.12. The average molecular weight is 438 g/mol. The van der Waals surface area contributed by atoms with Gasteiger partial charge < -0.3 is 19.5 Å². The van der Waals surface area contributed by atoms with Crippen molar-refractivity contribution in [1.82, 2.24) is 0 Å². The van der Waals surface area contributed by atoms with Gasteiger partial charge in [-0.25, -0.2) is 0 Å². The first-order chi connectivity index (χ1) is 15.0. The zero-order valence-electron chi connectivity index (χ0n) is 17.6. The van der Waals surface area contributed by atoms with Crippen molar-refractivity contribution < 1.29 is 19.0 Å². The summed E-state index contributed by atoms with van der Waals surface area (Å²) in [5.41, 5.74) is 3.68. The van der Waals surface area contributed by atoms with Crippen LogP contribution in [0.25, 0.3) is 6.08 Å². The molecule has 0 unspecified atom stereocenters. The predicted molar refractivity (Wildman–Crippen MR) is 124 cm³/mol. The number of rotatable bonds is 8. The molecular formula is C25H24ClNO4. The zero-order chi connectivity index (χ0) is 22.2. The van der Waals surface area contributed by atoms with Gasteiger partial charge in [0.2, 0.25) is 5.91 Å². The topological polar surface area (TPSA) is 56.8 Å². The van der Waals surface area contributed by atoms with Crippen LogP contribution in [0.1, 0.15) is 16.7 Å². The number of amides is 1. The van der Waals surface area contributed by atoms with Crippen LogP contribution in [-0.4, -0.2) is 20.1 Å². The van der Waals surface area contributed by atoms with E-state index >= 15 is 0 Å². The molecule has 0 bridgehead atoms. The van der Waals surface area contributed by atoms with Gasteiger partial charge in [-0.05, 0) is 60.0 Å². The molecule has 0 saturated carbocycles. The molecule has 31 heavy (non-hydrogen) atoms. The van der Waals surface area contributed by atoms with Crippen LogP contribution in [-0.2, 0) is 11.4 Å². The van der Waals surface area contributed by atoms with Crippen molar-refractivity contribution in [2.45, 2.75) is 13.5 Å². The SMILES string of the molecule is COc1ccc(NC(=O)/C=C/c2ccc(OCc3ccccc3C)c(OC)c2)cc1Cl. The lowest BCUT2D eigenvalue weighted by molar-refractivity contribution is -0.111. The van der Waals surface area contributed by atoms with Crippen LogP contribution in [0.15, 0.2) is 66.7 Å². The van der Waals surface area contributed by atoms with Crippen molar-refractivity contribution in [2.75, 3.05) is 19.5 Å². The number of carbonyl (C=O) groups excluding carboxylic acids is 1. The Morgan fingerprint density at radius 2 is 1.71 bits per heavy atom. The van der Waals surface area contributed by atoms with Crippen molar-refractivity contribution in [2.24, 2.45) is 0 Å². The third-order valence-corrected chi connectivity index (χ3v) is 4.97. The number of methoxy groups -OCH3 is 2. The maximum absolute atomic E-state index is 12.2. The number of anilines is 1. The maximum Gasteiger partial charge on any atom is 0.248 e. The first-order valence-corrected chi connectivity index (χ1v) is 10.1. The molecule has 0 aromatic heterocycles. The number of aryl methyl sites for hydroxylation is 1. The van der Waals surface area contributed by atoms with Crippen LogP contribution in [0.5, 0.6) is 17.2 Å². The van der Waals surface area contributed by atoms with Crippen molar-refractivity contribution in [3.63, 3.8) is 0 Å². The predicted octanol–water partition coefficient (Wildman–Crippen LogP) is 5.90. The van der Waals surface area contributed by atoms with Gasteiger partial charge in [-0.2, -0.15) is 0 Å². The summed E-state index contributed by atoms with van der Waals surface area (Å²) in [5, 5.41) is 3.19. The fraction of sp³-hybridized carbons (Fsp3) is 0.160. The number of nitrogens with one attached hydrogen (secondary N) is 1. The summed E-state index contributed by atoms with van der Waals surface area (Å²) in [6.45, 7) is 2.50. The molecule has 0 fully saturated rings. The molecular weight excluding hydrogens is 414 g/mol. The minimum absolute atomic E-state index is 0.278. The number of ether oxygens (including phenoxy) is 3. The van der Waals surface area contributed by atoms with Crippen molar-refractivity contribution >= 4 is 29.3 Å². The molecule has 6 heteroatoms. The molecule has 0 saturated heterocycles. The number of benzene rings is 3. The molecule has 3 aromatic rings. The minimum atomic E-state index is -0.278. The highest BCUT2D eigenvalue weighted by molar-refractivity contribution is 6.32. The molecule has 5 nitrogen and oxygen atoms in total. The summed E-state index contributed by atoms with van der Waals surface area (Å²) in [6, 6.07) is 18.6. The van der Waals surface area contributed by atoms with Gasteiger partial charge in [0.05, 0.1) is 19.2 Å². The van der Waals surface area contributed by atoms with Crippen LogP contribution in [0.2, 0.25) is 5.02 Å². The number of hydrogen-bond donors (Lipinski definition) is 1. The number of halogens is 1. The average Bonchev–Trinajstić information content (AvgIpc) is 2.77. The second-order valence-electron chi connectivity index (χ2n) is 6.80. The molecule has 1 amide bonds. The van der Waals surface area contributed by atoms with Crippen LogP contribution < -0.4 is 19.5 Å². The highest BCUT2D eigenvalue weighted by Gasteiger charge is 2.07. The Hall–Kier alpha value is -3.44. The maximum atomic E-state index is 12.2. The minimum Gasteiger partial charge on any atom is -0.495 e. The molecule has 1 N–H and O–H groups in total. The quantitative estimate of drug-likeness (QED) is 0.446. The fourth-order valence-corrected chi connectivity index (χ4v) is 3.19. The van der Waals surface area contributed by atoms with Crippen LogP contribution in [0, 0.1) is 6.92 Å². The number of carbonyl (C=O) groups is 1. The lowest BCUT2D eigenvalue weighted by atomic mass is 10.1. The fourth-order valence-electron chi connectivity index (χ4n) is 2.93. The second kappa shape index (κ2) is 10.5. The molecule has 0 heterocycles. The molecule has 3 rings (SSSR count). The molecule has 0 atom stereocenters. The molecule has 0 radical (unpaired) electrons. The lowest BCUT2D eigenvalue weighted by Crippen LogP contribution is -2.07. The summed E-state index contributed by atoms with van der Waals surface area (Å²) >= 11 is 6.09. The van der Waals surface area contributed by atoms with Gasteiger partial charge in [0, 0.05) is 11.8 Å². The summed E-state index contributed by atoms with van der Waals surface area (Å²) < 4.78 is 16.5. The van der Waals surface area contributed by atoms with E-state index in [1.807, 2.05) is 36.4 Å². The Kier molecular flexibility index (Phi) is 7.57. The van der Waals surface area contributed by atoms with Crippen molar-refractivity contribution in [3.05, 3.63) is 88.5 Å². The van der Waals surface area contributed by atoms with E-state index < -0.39 is 0 Å². The Labute approximate surface area is 187 Å². The largest absolute Gasteiger partial charge is 0.495 e. The van der Waals surface area contributed by atoms with E-state index in [2.05, 4.69) is 18.3 Å². The van der Waals surface area contributed by atoms with E-state index in [4.69, 9.17) is 25.8 Å². The van der Waals surface area contributed by atoms with E-state index in [0.717, 1.165) is 11.1 Å². The van der Waals surface area contributed by atoms with Crippen LogP contribution in [0.3, 0.4) is 0 Å². The van der Waals surface area contributed by atoms with Crippen molar-refractivity contribution in [3.8, 4) is 17.2 Å². The molecule has 160 valence electrons.